The molecule has 1 rings (SSSR count). The Balaban J connectivity index is 3.13. The Hall–Kier alpha value is -1.90. The average Bonchev–Trinajstić information content (AvgIpc) is 2.52. The van der Waals surface area contributed by atoms with Crippen molar-refractivity contribution in [2.45, 2.75) is 33.8 Å². The normalized spacial score (nSPS) is 12.0. The van der Waals surface area contributed by atoms with E-state index >= 15 is 0 Å². The maximum atomic E-state index is 9.54. The molecule has 0 bridgehead atoms. The Morgan fingerprint density at radius 1 is 1.17 bits per heavy atom. The van der Waals surface area contributed by atoms with Crippen LogP contribution in [0.2, 0.25) is 0 Å². The predicted octanol–water partition coefficient (Wildman–Crippen LogP) is 4.77. The zero-order valence-corrected chi connectivity index (χ0v) is 14.8. The summed E-state index contributed by atoms with van der Waals surface area (Å²) in [7, 11) is 1.69. The van der Waals surface area contributed by atoms with E-state index in [2.05, 4.69) is 45.2 Å². The second kappa shape index (κ2) is 9.29. The first-order chi connectivity index (χ1) is 10.9. The van der Waals surface area contributed by atoms with Crippen molar-refractivity contribution in [2.75, 3.05) is 13.7 Å². The molecule has 0 aromatic heterocycles. The van der Waals surface area contributed by atoms with E-state index in [1.807, 2.05) is 19.1 Å². The Morgan fingerprint density at radius 2 is 1.87 bits per heavy atom. The first-order valence-corrected chi connectivity index (χ1v) is 7.82. The number of methoxy groups -OCH3 is 1. The van der Waals surface area contributed by atoms with Crippen LogP contribution in [0.1, 0.15) is 36.1 Å². The summed E-state index contributed by atoms with van der Waals surface area (Å²) in [5, 5.41) is 9.54. The van der Waals surface area contributed by atoms with E-state index in [-0.39, 0.29) is 6.61 Å². The van der Waals surface area contributed by atoms with Crippen LogP contribution in [0.3, 0.4) is 0 Å². The van der Waals surface area contributed by atoms with Crippen LogP contribution in [-0.4, -0.2) is 18.8 Å². The molecule has 1 aromatic carbocycles. The average molecular weight is 312 g/mol. The second-order valence-corrected chi connectivity index (χ2v) is 5.91. The molecule has 0 aliphatic rings. The molecule has 124 valence electrons. The highest BCUT2D eigenvalue weighted by Crippen LogP contribution is 2.22. The second-order valence-electron chi connectivity index (χ2n) is 5.91. The van der Waals surface area contributed by atoms with Crippen LogP contribution in [0.4, 0.5) is 0 Å². The van der Waals surface area contributed by atoms with Gasteiger partial charge in [-0.1, -0.05) is 49.1 Å². The van der Waals surface area contributed by atoms with Crippen molar-refractivity contribution in [1.29, 1.82) is 0 Å². The summed E-state index contributed by atoms with van der Waals surface area (Å²) in [5.74, 6) is 0. The van der Waals surface area contributed by atoms with Crippen molar-refractivity contribution in [3.05, 3.63) is 76.4 Å². The number of hydrogen-bond acceptors (Lipinski definition) is 2. The molecule has 0 spiro atoms. The molecule has 0 radical (unpaired) electrons. The van der Waals surface area contributed by atoms with Crippen molar-refractivity contribution in [3.63, 3.8) is 0 Å². The van der Waals surface area contributed by atoms with Gasteiger partial charge < -0.3 is 9.84 Å². The van der Waals surface area contributed by atoms with Gasteiger partial charge in [-0.3, -0.25) is 0 Å². The van der Waals surface area contributed by atoms with E-state index < -0.39 is 0 Å². The first-order valence-electron chi connectivity index (χ1n) is 7.82. The SMILES string of the molecule is C=C(C)/C=C\C(=C)/C(C)=C/c1cc(CCOC)c(CO)cc1C. The highest BCUT2D eigenvalue weighted by atomic mass is 16.5. The fourth-order valence-corrected chi connectivity index (χ4v) is 2.28. The lowest BCUT2D eigenvalue weighted by Crippen LogP contribution is -2.01. The van der Waals surface area contributed by atoms with E-state index in [9.17, 15) is 5.11 Å². The number of rotatable bonds is 8. The summed E-state index contributed by atoms with van der Waals surface area (Å²) in [6, 6.07) is 4.19. The topological polar surface area (TPSA) is 29.5 Å². The Bertz CT molecular complexity index is 633. The Labute approximate surface area is 140 Å². The zero-order chi connectivity index (χ0) is 17.4. The summed E-state index contributed by atoms with van der Waals surface area (Å²) < 4.78 is 5.16. The minimum atomic E-state index is 0.0525. The van der Waals surface area contributed by atoms with Crippen LogP contribution in [0.25, 0.3) is 6.08 Å². The van der Waals surface area contributed by atoms with Gasteiger partial charge in [0.05, 0.1) is 13.2 Å². The van der Waals surface area contributed by atoms with Gasteiger partial charge in [0.15, 0.2) is 0 Å². The molecule has 0 unspecified atom stereocenters. The molecule has 0 aliphatic heterocycles. The summed E-state index contributed by atoms with van der Waals surface area (Å²) in [6.07, 6.45) is 6.88. The third-order valence-electron chi connectivity index (χ3n) is 3.78. The molecular formula is C21H28O2. The molecule has 0 heterocycles. The molecule has 2 heteroatoms. The predicted molar refractivity (Wildman–Crippen MR) is 99.4 cm³/mol. The molecular weight excluding hydrogens is 284 g/mol. The van der Waals surface area contributed by atoms with Crippen molar-refractivity contribution >= 4 is 6.08 Å². The van der Waals surface area contributed by atoms with Gasteiger partial charge in [0.2, 0.25) is 0 Å². The molecule has 1 N–H and O–H groups in total. The van der Waals surface area contributed by atoms with Gasteiger partial charge >= 0.3 is 0 Å². The largest absolute Gasteiger partial charge is 0.392 e. The number of aryl methyl sites for hydroxylation is 1. The highest BCUT2D eigenvalue weighted by molar-refractivity contribution is 5.63. The van der Waals surface area contributed by atoms with Gasteiger partial charge in [-0.25, -0.2) is 0 Å². The smallest absolute Gasteiger partial charge is 0.0684 e. The highest BCUT2D eigenvalue weighted by Gasteiger charge is 2.06. The van der Waals surface area contributed by atoms with E-state index in [0.717, 1.165) is 45.4 Å². The van der Waals surface area contributed by atoms with Crippen LogP contribution in [0.5, 0.6) is 0 Å². The van der Waals surface area contributed by atoms with Gasteiger partial charge in [0.25, 0.3) is 0 Å². The standard InChI is InChI=1S/C21H28O2/c1-15(2)7-8-16(3)17(4)11-20-13-19(9-10-23-6)21(14-22)12-18(20)5/h7-8,11-13,22H,1,3,9-10,14H2,2,4-6H3/b8-7-,17-11+. The van der Waals surface area contributed by atoms with Gasteiger partial charge in [-0.2, -0.15) is 0 Å². The van der Waals surface area contributed by atoms with E-state index in [1.165, 1.54) is 0 Å². The minimum Gasteiger partial charge on any atom is -0.392 e. The minimum absolute atomic E-state index is 0.0525. The quantitative estimate of drug-likeness (QED) is 0.701. The summed E-state index contributed by atoms with van der Waals surface area (Å²) in [5.41, 5.74) is 7.47. The third kappa shape index (κ3) is 6.01. The summed E-state index contributed by atoms with van der Waals surface area (Å²) in [6.45, 7) is 14.7. The first kappa shape index (κ1) is 19.1. The van der Waals surface area contributed by atoms with Gasteiger partial charge in [0, 0.05) is 7.11 Å². The maximum Gasteiger partial charge on any atom is 0.0684 e. The molecule has 23 heavy (non-hydrogen) atoms. The number of ether oxygens (including phenoxy) is 1. The lowest BCUT2D eigenvalue weighted by atomic mass is 9.95. The fourth-order valence-electron chi connectivity index (χ4n) is 2.28. The van der Waals surface area contributed by atoms with Crippen LogP contribution >= 0.6 is 0 Å². The van der Waals surface area contributed by atoms with Crippen molar-refractivity contribution in [1.82, 2.24) is 0 Å². The number of benzene rings is 1. The number of aliphatic hydroxyl groups is 1. The zero-order valence-electron chi connectivity index (χ0n) is 14.8. The van der Waals surface area contributed by atoms with Crippen LogP contribution in [-0.2, 0) is 17.8 Å². The molecule has 0 aliphatic carbocycles. The van der Waals surface area contributed by atoms with E-state index in [1.54, 1.807) is 7.11 Å². The number of aliphatic hydroxyl groups excluding tert-OH is 1. The number of allylic oxidation sites excluding steroid dienone is 5. The molecule has 0 amide bonds. The molecule has 2 nitrogen and oxygen atoms in total. The molecule has 0 atom stereocenters. The maximum absolute atomic E-state index is 9.54. The summed E-state index contributed by atoms with van der Waals surface area (Å²) >= 11 is 0. The molecule has 0 saturated carbocycles. The monoisotopic (exact) mass is 312 g/mol. The molecule has 1 aromatic rings. The Morgan fingerprint density at radius 3 is 2.43 bits per heavy atom. The third-order valence-corrected chi connectivity index (χ3v) is 3.78. The van der Waals surface area contributed by atoms with Crippen molar-refractivity contribution < 1.29 is 9.84 Å². The van der Waals surface area contributed by atoms with Gasteiger partial charge in [-0.15, -0.1) is 0 Å². The molecule has 0 fully saturated rings. The van der Waals surface area contributed by atoms with Crippen molar-refractivity contribution in [2.24, 2.45) is 0 Å². The lowest BCUT2D eigenvalue weighted by molar-refractivity contribution is 0.201. The van der Waals surface area contributed by atoms with Crippen LogP contribution in [0, 0.1) is 6.92 Å². The fraction of sp³-hybridized carbons (Fsp3) is 0.333. The van der Waals surface area contributed by atoms with Crippen LogP contribution in [0.15, 0.2) is 54.2 Å². The Kier molecular flexibility index (Phi) is 7.73. The van der Waals surface area contributed by atoms with E-state index in [0.29, 0.717) is 6.61 Å². The number of hydrogen-bond donors (Lipinski definition) is 1. The molecule has 0 saturated heterocycles. The van der Waals surface area contributed by atoms with Crippen LogP contribution < -0.4 is 0 Å². The van der Waals surface area contributed by atoms with Crippen molar-refractivity contribution in [3.8, 4) is 0 Å². The summed E-state index contributed by atoms with van der Waals surface area (Å²) in [4.78, 5) is 0. The van der Waals surface area contributed by atoms with E-state index in [4.69, 9.17) is 4.74 Å². The van der Waals surface area contributed by atoms with Gasteiger partial charge in [0.1, 0.15) is 0 Å². The lowest BCUT2D eigenvalue weighted by Gasteiger charge is -2.12. The van der Waals surface area contributed by atoms with Gasteiger partial charge in [-0.05, 0) is 60.6 Å².